The zero-order valence-electron chi connectivity index (χ0n) is 48.4. The van der Waals surface area contributed by atoms with Gasteiger partial charge < -0.3 is 9.80 Å². The summed E-state index contributed by atoms with van der Waals surface area (Å²) >= 11 is 6.56. The van der Waals surface area contributed by atoms with Crippen molar-refractivity contribution < 1.29 is 9.15 Å². The predicted octanol–water partition coefficient (Wildman–Crippen LogP) is 18.4. The molecular formula is C76H77ClN4+2. The number of hydrogen-bond acceptors (Lipinski definition) is 2. The van der Waals surface area contributed by atoms with Crippen molar-refractivity contribution in [1.29, 1.82) is 0 Å². The summed E-state index contributed by atoms with van der Waals surface area (Å²) < 4.78 is 5.00. The first-order valence-electron chi connectivity index (χ1n) is 29.9. The van der Waals surface area contributed by atoms with Crippen molar-refractivity contribution in [2.24, 2.45) is 0 Å². The standard InChI is InChI=1S/C38H38ClN2.C38H39N2/c1-37(26-27-13-6-4-7-14-27)32-25-29(39)20-22-33(32)40(2)34(37)17-12-18-35-38(23-10-5-11-24-38)31-21-19-28-15-8-9-16-30(28)36(31)41(35)3;1-37(27-28-15-6-4-7-16-28)31-19-10-11-20-33(31)39(2)34(37)21-14-22-35-38(25-12-5-13-26-38)32-24-23-29-17-8-9-18-30(29)36(32)40(35)3/h4,6-9,12-22,25H,5,10-11,23-24,26H2,1-3H3;4,6-11,14-24H,5,12-13,25-27H2,1-3H3/q2*+1. The van der Waals surface area contributed by atoms with Crippen LogP contribution in [0.4, 0.5) is 22.7 Å². The van der Waals surface area contributed by atoms with Gasteiger partial charge in [0.1, 0.15) is 14.1 Å². The molecule has 0 bridgehead atoms. The van der Waals surface area contributed by atoms with Gasteiger partial charge in [-0.2, -0.15) is 9.15 Å². The third kappa shape index (κ3) is 8.78. The largest absolute Gasteiger partial charge is 0.347 e. The zero-order chi connectivity index (χ0) is 55.5. The summed E-state index contributed by atoms with van der Waals surface area (Å²) in [6, 6.07) is 64.3. The molecule has 2 fully saturated rings. The number of anilines is 2. The Balaban J connectivity index is 0.000000153. The van der Waals surface area contributed by atoms with E-state index < -0.39 is 0 Å². The van der Waals surface area contributed by atoms with Crippen molar-refractivity contribution in [1.82, 2.24) is 0 Å². The molecular weight excluding hydrogens is 1000 g/mol. The van der Waals surface area contributed by atoms with Crippen molar-refractivity contribution in [3.05, 3.63) is 262 Å². The highest BCUT2D eigenvalue weighted by Crippen LogP contribution is 2.55. The number of benzene rings is 8. The van der Waals surface area contributed by atoms with Crippen molar-refractivity contribution in [3.63, 3.8) is 0 Å². The number of likely N-dealkylation sites (N-methyl/N-ethyl adjacent to an activating group) is 2. The Hall–Kier alpha value is -7.53. The quantitative estimate of drug-likeness (QED) is 0.141. The lowest BCUT2D eigenvalue weighted by atomic mass is 9.67. The van der Waals surface area contributed by atoms with Gasteiger partial charge in [0.15, 0.2) is 11.4 Å². The number of nitrogens with zero attached hydrogens (tertiary/aromatic N) is 4. The van der Waals surface area contributed by atoms with Gasteiger partial charge in [0, 0.05) is 76.0 Å². The molecule has 2 spiro atoms. The molecule has 14 rings (SSSR count). The van der Waals surface area contributed by atoms with Gasteiger partial charge in [-0.1, -0.05) is 202 Å². The fourth-order valence-electron chi connectivity index (χ4n) is 16.3. The predicted molar refractivity (Wildman–Crippen MR) is 343 cm³/mol. The van der Waals surface area contributed by atoms with E-state index in [9.17, 15) is 0 Å². The molecule has 0 saturated heterocycles. The van der Waals surface area contributed by atoms with Gasteiger partial charge >= 0.3 is 0 Å². The van der Waals surface area contributed by atoms with Gasteiger partial charge in [-0.3, -0.25) is 0 Å². The number of halogens is 1. The minimum atomic E-state index is -0.186. The summed E-state index contributed by atoms with van der Waals surface area (Å²) in [6.45, 7) is 4.79. The van der Waals surface area contributed by atoms with Gasteiger partial charge in [0.25, 0.3) is 0 Å². The molecule has 406 valence electrons. The number of para-hydroxylation sites is 1. The number of fused-ring (bicyclic) bond motifs is 10. The maximum absolute atomic E-state index is 6.56. The Morgan fingerprint density at radius 3 is 1.36 bits per heavy atom. The van der Waals surface area contributed by atoms with E-state index in [1.54, 1.807) is 0 Å². The second-order valence-corrected chi connectivity index (χ2v) is 25.1. The van der Waals surface area contributed by atoms with E-state index >= 15 is 0 Å². The lowest BCUT2D eigenvalue weighted by Crippen LogP contribution is -2.36. The van der Waals surface area contributed by atoms with Crippen LogP contribution in [-0.4, -0.2) is 48.8 Å². The molecule has 2 saturated carbocycles. The highest BCUT2D eigenvalue weighted by molar-refractivity contribution is 6.30. The van der Waals surface area contributed by atoms with Gasteiger partial charge in [0.05, 0.1) is 21.6 Å². The molecule has 2 aliphatic carbocycles. The summed E-state index contributed by atoms with van der Waals surface area (Å²) in [6.07, 6.45) is 28.9. The van der Waals surface area contributed by atoms with Crippen LogP contribution in [0.1, 0.15) is 111 Å². The molecule has 2 atom stereocenters. The smallest absolute Gasteiger partial charge is 0.217 e. The number of allylic oxidation sites excluding steroid dienone is 8. The maximum atomic E-state index is 6.56. The van der Waals surface area contributed by atoms with Gasteiger partial charge in [-0.05, 0) is 134 Å². The van der Waals surface area contributed by atoms with Crippen molar-refractivity contribution >= 4 is 67.3 Å². The first-order valence-corrected chi connectivity index (χ1v) is 30.3. The lowest BCUT2D eigenvalue weighted by Gasteiger charge is -2.31. The van der Waals surface area contributed by atoms with Crippen LogP contribution in [0, 0.1) is 0 Å². The van der Waals surface area contributed by atoms with Crippen molar-refractivity contribution in [2.45, 2.75) is 113 Å². The first-order chi connectivity index (χ1) is 39.4. The van der Waals surface area contributed by atoms with Crippen LogP contribution in [-0.2, 0) is 34.5 Å². The SMILES string of the molecule is CN1C(=CC=CC2=[N+](C)c3c(ccc4ccccc34)C23CCCCC3)C(C)(Cc2ccccc2)c2cc(Cl)ccc21.CN1C(=CC=CC2=[N+](C)c3c(ccc4ccccc34)C23CCCCC3)C(C)(Cc2ccccc2)c2ccccc21. The normalized spacial score (nSPS) is 22.5. The van der Waals surface area contributed by atoms with Gasteiger partial charge in [0.2, 0.25) is 11.4 Å². The van der Waals surface area contributed by atoms with Gasteiger partial charge in [-0.25, -0.2) is 0 Å². The molecule has 81 heavy (non-hydrogen) atoms. The molecule has 2 unspecified atom stereocenters. The molecule has 0 N–H and O–H groups in total. The molecule has 8 aromatic rings. The zero-order valence-corrected chi connectivity index (χ0v) is 49.1. The molecule has 5 heteroatoms. The fourth-order valence-corrected chi connectivity index (χ4v) is 16.4. The van der Waals surface area contributed by atoms with Crippen molar-refractivity contribution in [2.75, 3.05) is 38.0 Å². The summed E-state index contributed by atoms with van der Waals surface area (Å²) in [4.78, 5) is 4.77. The highest BCUT2D eigenvalue weighted by Gasteiger charge is 2.53. The molecule has 8 aromatic carbocycles. The Kier molecular flexibility index (Phi) is 13.8. The number of rotatable bonds is 8. The molecule has 0 aromatic heterocycles. The molecule has 6 aliphatic rings. The van der Waals surface area contributed by atoms with Crippen molar-refractivity contribution in [3.8, 4) is 0 Å². The van der Waals surface area contributed by atoms with Crippen LogP contribution in [0.3, 0.4) is 0 Å². The van der Waals surface area contributed by atoms with E-state index in [1.165, 1.54) is 165 Å². The summed E-state index contributed by atoms with van der Waals surface area (Å²) in [7, 11) is 9.00. The maximum Gasteiger partial charge on any atom is 0.217 e. The Labute approximate surface area is 486 Å². The van der Waals surface area contributed by atoms with E-state index in [0.717, 1.165) is 17.9 Å². The second kappa shape index (κ2) is 21.1. The van der Waals surface area contributed by atoms with Crippen LogP contribution in [0.2, 0.25) is 5.02 Å². The van der Waals surface area contributed by atoms with E-state index in [2.05, 4.69) is 267 Å². The summed E-state index contributed by atoms with van der Waals surface area (Å²) in [5.74, 6) is 0. The Bertz CT molecular complexity index is 3940. The Morgan fingerprint density at radius 1 is 0.444 bits per heavy atom. The van der Waals surface area contributed by atoms with E-state index in [4.69, 9.17) is 11.6 Å². The third-order valence-electron chi connectivity index (χ3n) is 20.1. The highest BCUT2D eigenvalue weighted by atomic mass is 35.5. The molecule has 0 radical (unpaired) electrons. The van der Waals surface area contributed by atoms with Gasteiger partial charge in [-0.15, -0.1) is 0 Å². The molecule has 4 heterocycles. The first kappa shape index (κ1) is 52.8. The average Bonchev–Trinajstić information content (AvgIpc) is 4.25. The van der Waals surface area contributed by atoms with E-state index in [-0.39, 0.29) is 21.7 Å². The lowest BCUT2D eigenvalue weighted by molar-refractivity contribution is -0.400. The van der Waals surface area contributed by atoms with Crippen LogP contribution in [0.5, 0.6) is 0 Å². The summed E-state index contributed by atoms with van der Waals surface area (Å²) in [5.41, 5.74) is 19.3. The molecule has 4 aliphatic heterocycles. The molecule has 0 amide bonds. The Morgan fingerprint density at radius 2 is 0.864 bits per heavy atom. The molecule has 4 nitrogen and oxygen atoms in total. The third-order valence-corrected chi connectivity index (χ3v) is 20.3. The minimum Gasteiger partial charge on any atom is -0.347 e. The number of hydrogen-bond donors (Lipinski definition) is 0. The topological polar surface area (TPSA) is 12.5 Å². The van der Waals surface area contributed by atoms with Crippen LogP contribution >= 0.6 is 11.6 Å². The van der Waals surface area contributed by atoms with Crippen LogP contribution in [0.15, 0.2) is 224 Å². The summed E-state index contributed by atoms with van der Waals surface area (Å²) in [5, 5.41) is 6.17. The van der Waals surface area contributed by atoms with Crippen LogP contribution in [0.25, 0.3) is 21.5 Å². The van der Waals surface area contributed by atoms with E-state index in [1.807, 2.05) is 6.07 Å². The van der Waals surface area contributed by atoms with Crippen LogP contribution < -0.4 is 9.80 Å². The fraction of sp³-hybridized carbons (Fsp3) is 0.289. The average molecular weight is 1080 g/mol. The minimum absolute atomic E-state index is 0.0901. The second-order valence-electron chi connectivity index (χ2n) is 24.6. The van der Waals surface area contributed by atoms with E-state index in [0.29, 0.717) is 0 Å². The monoisotopic (exact) mass is 1080 g/mol.